The van der Waals surface area contributed by atoms with E-state index in [9.17, 15) is 28.8 Å². The van der Waals surface area contributed by atoms with Crippen molar-refractivity contribution in [1.29, 1.82) is 0 Å². The first-order valence-corrected chi connectivity index (χ1v) is 35.8. The Morgan fingerprint density at radius 1 is 0.452 bits per heavy atom. The lowest BCUT2D eigenvalue weighted by Crippen LogP contribution is -2.53. The highest BCUT2D eigenvalue weighted by Gasteiger charge is 2.29. The van der Waals surface area contributed by atoms with Gasteiger partial charge in [-0.05, 0) is 137 Å². The van der Waals surface area contributed by atoms with Crippen molar-refractivity contribution in [3.05, 3.63) is 127 Å². The zero-order valence-electron chi connectivity index (χ0n) is 56.4. The lowest BCUT2D eigenvalue weighted by molar-refractivity contribution is -0.127. The Morgan fingerprint density at radius 3 is 1.25 bits per heavy atom. The minimum atomic E-state index is -1.02. The molecule has 0 spiro atoms. The number of carbonyl (C=O) groups excluding carboxylic acids is 6. The Balaban J connectivity index is 0.000000399. The Hall–Kier alpha value is -7.74. The predicted octanol–water partition coefficient (Wildman–Crippen LogP) is 13.8. The van der Waals surface area contributed by atoms with Gasteiger partial charge in [0.05, 0.1) is 19.0 Å². The Kier molecular flexibility index (Phi) is 41.6. The number of thioether (sulfide) groups is 1. The molecule has 6 amide bonds. The maximum absolute atomic E-state index is 13.7. The van der Waals surface area contributed by atoms with Gasteiger partial charge >= 0.3 is 0 Å². The van der Waals surface area contributed by atoms with Gasteiger partial charge in [-0.3, -0.25) is 43.6 Å². The highest BCUT2D eigenvalue weighted by atomic mass is 32.2. The molecule has 0 saturated carbocycles. The maximum Gasteiger partial charge on any atom is 0.271 e. The summed E-state index contributed by atoms with van der Waals surface area (Å²) < 4.78 is 11.7. The predicted molar refractivity (Wildman–Crippen MR) is 379 cm³/mol. The third-order valence-electron chi connectivity index (χ3n) is 15.4. The minimum absolute atomic E-state index is 0.0593. The Morgan fingerprint density at radius 2 is 0.871 bits per heavy atom. The van der Waals surface area contributed by atoms with Crippen LogP contribution in [0.2, 0.25) is 0 Å². The van der Waals surface area contributed by atoms with E-state index in [-0.39, 0.29) is 47.6 Å². The van der Waals surface area contributed by atoms with Crippen LogP contribution in [0.25, 0.3) is 0 Å². The molecule has 0 aliphatic heterocycles. The Bertz CT molecular complexity index is 2790. The topological polar surface area (TPSA) is 238 Å². The summed E-state index contributed by atoms with van der Waals surface area (Å²) >= 11 is 1.38. The van der Waals surface area contributed by atoms with Gasteiger partial charge in [0.15, 0.2) is 12.3 Å². The molecular formula is C73H109N11O8S. The molecule has 2 aromatic carbocycles. The highest BCUT2D eigenvalue weighted by molar-refractivity contribution is 7.99. The van der Waals surface area contributed by atoms with Gasteiger partial charge < -0.3 is 41.4 Å². The van der Waals surface area contributed by atoms with E-state index in [0.717, 1.165) is 37.9 Å². The number of anilines is 4. The van der Waals surface area contributed by atoms with Crippen LogP contribution >= 0.6 is 11.8 Å². The maximum atomic E-state index is 13.7. The van der Waals surface area contributed by atoms with E-state index >= 15 is 0 Å². The van der Waals surface area contributed by atoms with Gasteiger partial charge in [0, 0.05) is 81.6 Å². The van der Waals surface area contributed by atoms with E-state index in [1.54, 1.807) is 97.6 Å². The SMILES string of the molecule is CCCCCCCCCCCCNC(=O)CCCOc1ccc(NC(NC(=O)CCc2cccnc2)C(=O)N(CC)c2ccccn2)cc1.CCCCCCCCCCCCNC(=O)CCCOc1ccc(NC(NC(=O)CSC)C(=O)N(CC)c2ccccn2)cc1. The van der Waals surface area contributed by atoms with Crippen molar-refractivity contribution < 1.29 is 38.2 Å². The quantitative estimate of drug-likeness (QED) is 0.0157. The van der Waals surface area contributed by atoms with E-state index in [2.05, 4.69) is 60.7 Å². The first kappa shape index (κ1) is 77.7. The number of nitrogens with one attached hydrogen (secondary N) is 6. The second-order valence-electron chi connectivity index (χ2n) is 23.1. The minimum Gasteiger partial charge on any atom is -0.494 e. The van der Waals surface area contributed by atoms with Gasteiger partial charge in [-0.1, -0.05) is 148 Å². The van der Waals surface area contributed by atoms with Crippen LogP contribution in [0.5, 0.6) is 11.5 Å². The molecule has 0 aliphatic carbocycles. The summed E-state index contributed by atoms with van der Waals surface area (Å²) in [5.41, 5.74) is 2.24. The van der Waals surface area contributed by atoms with Gasteiger partial charge in [0.25, 0.3) is 11.8 Å². The van der Waals surface area contributed by atoms with Crippen LogP contribution in [0.3, 0.4) is 0 Å². The fourth-order valence-corrected chi connectivity index (χ4v) is 10.6. The van der Waals surface area contributed by atoms with Crippen LogP contribution in [0.15, 0.2) is 122 Å². The number of benzene rings is 2. The standard InChI is InChI=1S/C39H56N6O4.C34H53N5O4S/c1-3-5-6-7-8-9-10-11-12-14-29-42-36(46)20-17-30-49-34-24-22-33(23-25-34)43-38(39(48)45(4-2)35-19-13-15-28-41-35)44-37(47)26-21-32-18-16-27-40-31-32;1-4-6-7-8-9-10-11-12-13-15-25-36-31(40)19-17-26-43-29-22-20-28(21-23-29)37-33(38-32(41)27-44-3)34(42)39(5-2)30-18-14-16-24-35-30/h13,15-16,18-19,22-25,27-28,31,38,43H,3-12,14,17,20-21,26,29-30H2,1-2H3,(H,42,46)(H,44,47);14,16,18,20-24,33,37H,4-13,15,17,19,25-27H2,1-3H3,(H,36,40)(H,38,41). The summed E-state index contributed by atoms with van der Waals surface area (Å²) in [6, 6.07) is 28.9. The van der Waals surface area contributed by atoms with Crippen LogP contribution < -0.4 is 51.2 Å². The molecule has 5 rings (SSSR count). The lowest BCUT2D eigenvalue weighted by atomic mass is 10.1. The van der Waals surface area contributed by atoms with Crippen molar-refractivity contribution >= 4 is 70.2 Å². The zero-order valence-corrected chi connectivity index (χ0v) is 57.3. The molecule has 3 heterocycles. The van der Waals surface area contributed by atoms with Crippen molar-refractivity contribution in [1.82, 2.24) is 36.2 Å². The number of amides is 6. The number of rotatable bonds is 49. The van der Waals surface area contributed by atoms with Crippen LogP contribution in [0.4, 0.5) is 23.0 Å². The van der Waals surface area contributed by atoms with Crippen LogP contribution in [0, 0.1) is 0 Å². The third-order valence-corrected chi connectivity index (χ3v) is 16.0. The third kappa shape index (κ3) is 34.7. The van der Waals surface area contributed by atoms with E-state index in [0.29, 0.717) is 92.9 Å². The van der Waals surface area contributed by atoms with Crippen LogP contribution in [-0.2, 0) is 35.2 Å². The average Bonchev–Trinajstić information content (AvgIpc) is 1.34. The molecule has 0 fully saturated rings. The summed E-state index contributed by atoms with van der Waals surface area (Å²) in [7, 11) is 0. The number of aryl methyl sites for hydroxylation is 1. The molecule has 2 atom stereocenters. The van der Waals surface area contributed by atoms with Gasteiger partial charge in [-0.15, -0.1) is 0 Å². The number of unbranched alkanes of at least 4 members (excludes halogenated alkanes) is 18. The second-order valence-corrected chi connectivity index (χ2v) is 24.0. The summed E-state index contributed by atoms with van der Waals surface area (Å²) in [5, 5.41) is 18.0. The number of carbonyl (C=O) groups is 6. The summed E-state index contributed by atoms with van der Waals surface area (Å²) in [6.07, 6.45) is 34.9. The van der Waals surface area contributed by atoms with Crippen molar-refractivity contribution in [2.24, 2.45) is 0 Å². The molecule has 510 valence electrons. The number of nitrogens with zero attached hydrogens (tertiary/aromatic N) is 5. The first-order chi connectivity index (χ1) is 45.5. The van der Waals surface area contributed by atoms with Crippen molar-refractivity contribution in [3.8, 4) is 11.5 Å². The number of likely N-dealkylation sites (N-methyl/N-ethyl adjacent to an activating group) is 2. The van der Waals surface area contributed by atoms with Gasteiger partial charge in [0.2, 0.25) is 23.6 Å². The van der Waals surface area contributed by atoms with Crippen molar-refractivity contribution in [2.75, 3.05) is 71.8 Å². The van der Waals surface area contributed by atoms with Crippen LogP contribution in [0.1, 0.15) is 194 Å². The summed E-state index contributed by atoms with van der Waals surface area (Å²) in [4.78, 5) is 92.7. The number of aromatic nitrogens is 3. The fraction of sp³-hybridized carbons (Fsp3) is 0.548. The van der Waals surface area contributed by atoms with Gasteiger partial charge in [-0.2, -0.15) is 11.8 Å². The van der Waals surface area contributed by atoms with Gasteiger partial charge in [0.1, 0.15) is 23.1 Å². The van der Waals surface area contributed by atoms with Crippen molar-refractivity contribution in [3.63, 3.8) is 0 Å². The zero-order chi connectivity index (χ0) is 66.8. The Labute approximate surface area is 559 Å². The molecular weight excluding hydrogens is 1190 g/mol. The highest BCUT2D eigenvalue weighted by Crippen LogP contribution is 2.21. The largest absolute Gasteiger partial charge is 0.494 e. The molecule has 20 heteroatoms. The molecule has 0 bridgehead atoms. The lowest BCUT2D eigenvalue weighted by Gasteiger charge is -2.27. The number of pyridine rings is 3. The van der Waals surface area contributed by atoms with Crippen LogP contribution in [-0.4, -0.2) is 114 Å². The number of ether oxygens (including phenoxy) is 2. The van der Waals surface area contributed by atoms with Gasteiger partial charge in [-0.25, -0.2) is 9.97 Å². The molecule has 2 unspecified atom stereocenters. The molecule has 3 aromatic heterocycles. The normalized spacial score (nSPS) is 11.4. The van der Waals surface area contributed by atoms with E-state index in [4.69, 9.17) is 9.47 Å². The number of hydrogen-bond donors (Lipinski definition) is 6. The molecule has 19 nitrogen and oxygen atoms in total. The number of hydrogen-bond acceptors (Lipinski definition) is 14. The molecule has 0 aliphatic rings. The first-order valence-electron chi connectivity index (χ1n) is 34.4. The average molecular weight is 1300 g/mol. The molecule has 93 heavy (non-hydrogen) atoms. The fourth-order valence-electron chi connectivity index (χ4n) is 10.2. The molecule has 0 radical (unpaired) electrons. The summed E-state index contributed by atoms with van der Waals surface area (Å²) in [6.45, 7) is 11.3. The molecule has 5 aromatic rings. The van der Waals surface area contributed by atoms with Crippen molar-refractivity contribution in [2.45, 2.75) is 207 Å². The smallest absolute Gasteiger partial charge is 0.271 e. The molecule has 6 N–H and O–H groups in total. The van der Waals surface area contributed by atoms with E-state index in [1.165, 1.54) is 131 Å². The van der Waals surface area contributed by atoms with E-state index < -0.39 is 12.3 Å². The second kappa shape index (κ2) is 49.8. The molecule has 0 saturated heterocycles. The summed E-state index contributed by atoms with van der Waals surface area (Å²) in [5.74, 6) is 1.56. The monoisotopic (exact) mass is 1300 g/mol. The van der Waals surface area contributed by atoms with E-state index in [1.807, 2.05) is 44.4 Å².